The molecule has 2 heterocycles. The van der Waals surface area contributed by atoms with Crippen molar-refractivity contribution in [1.29, 1.82) is 0 Å². The Balaban J connectivity index is 1.97. The highest BCUT2D eigenvalue weighted by Crippen LogP contribution is 2.15. The Bertz CT molecular complexity index is 493. The zero-order valence-corrected chi connectivity index (χ0v) is 12.6. The van der Waals surface area contributed by atoms with Gasteiger partial charge in [0.05, 0.1) is 6.61 Å². The van der Waals surface area contributed by atoms with Crippen LogP contribution in [0.25, 0.3) is 0 Å². The average molecular weight is 293 g/mol. The summed E-state index contributed by atoms with van der Waals surface area (Å²) in [4.78, 5) is 9.98. The Morgan fingerprint density at radius 1 is 1.35 bits per heavy atom. The minimum atomic E-state index is 0.376. The highest BCUT2D eigenvalue weighted by Gasteiger charge is 2.05. The first-order valence-corrected chi connectivity index (χ1v) is 7.45. The van der Waals surface area contributed by atoms with E-state index >= 15 is 0 Å². The Kier molecular flexibility index (Phi) is 5.76. The van der Waals surface area contributed by atoms with Crippen LogP contribution in [0, 0.1) is 0 Å². The van der Waals surface area contributed by atoms with Crippen LogP contribution in [0.4, 0.5) is 5.82 Å². The summed E-state index contributed by atoms with van der Waals surface area (Å²) >= 11 is 1.74. The van der Waals surface area contributed by atoms with Gasteiger partial charge in [-0.2, -0.15) is 4.98 Å². The van der Waals surface area contributed by atoms with Crippen LogP contribution < -0.4 is 10.1 Å². The lowest BCUT2D eigenvalue weighted by Crippen LogP contribution is -2.08. The first-order valence-electron chi connectivity index (χ1n) is 6.57. The molecule has 0 aliphatic rings. The van der Waals surface area contributed by atoms with Gasteiger partial charge in [-0.15, -0.1) is 11.3 Å². The number of thiophene rings is 1. The van der Waals surface area contributed by atoms with Crippen molar-refractivity contribution in [3.8, 4) is 5.88 Å². The summed E-state index contributed by atoms with van der Waals surface area (Å²) in [6.45, 7) is 3.81. The molecule has 0 aromatic carbocycles. The summed E-state index contributed by atoms with van der Waals surface area (Å²) in [5, 5.41) is 5.24. The number of anilines is 1. The van der Waals surface area contributed by atoms with E-state index in [2.05, 4.69) is 26.7 Å². The second-order valence-corrected chi connectivity index (χ2v) is 5.18. The maximum Gasteiger partial charge on any atom is 0.218 e. The number of hydrogen-bond donors (Lipinski definition) is 1. The lowest BCUT2D eigenvalue weighted by molar-refractivity contribution is 0.176. The van der Waals surface area contributed by atoms with Crippen LogP contribution in [0.3, 0.4) is 0 Å². The zero-order valence-electron chi connectivity index (χ0n) is 11.8. The van der Waals surface area contributed by atoms with Crippen molar-refractivity contribution in [2.24, 2.45) is 0 Å². The molecule has 0 saturated heterocycles. The largest absolute Gasteiger partial charge is 0.477 e. The molecule has 5 nitrogen and oxygen atoms in total. The van der Waals surface area contributed by atoms with Gasteiger partial charge in [0.1, 0.15) is 12.4 Å². The highest BCUT2D eigenvalue weighted by atomic mass is 32.1. The summed E-state index contributed by atoms with van der Waals surface area (Å²) in [5.41, 5.74) is 0. The van der Waals surface area contributed by atoms with Gasteiger partial charge in [0, 0.05) is 31.0 Å². The second-order valence-electron chi connectivity index (χ2n) is 4.15. The maximum absolute atomic E-state index is 5.71. The summed E-state index contributed by atoms with van der Waals surface area (Å²) in [5.74, 6) is 1.97. The fourth-order valence-corrected chi connectivity index (χ4v) is 2.41. The van der Waals surface area contributed by atoms with Crippen LogP contribution in [-0.4, -0.2) is 30.2 Å². The fraction of sp³-hybridized carbons (Fsp3) is 0.429. The number of hydrogen-bond acceptors (Lipinski definition) is 6. The van der Waals surface area contributed by atoms with E-state index in [0.717, 1.165) is 18.8 Å². The van der Waals surface area contributed by atoms with E-state index in [-0.39, 0.29) is 0 Å². The van der Waals surface area contributed by atoms with Gasteiger partial charge < -0.3 is 14.8 Å². The molecule has 0 unspecified atom stereocenters. The van der Waals surface area contributed by atoms with Crippen LogP contribution in [0.15, 0.2) is 23.6 Å². The van der Waals surface area contributed by atoms with E-state index in [1.807, 2.05) is 19.1 Å². The summed E-state index contributed by atoms with van der Waals surface area (Å²) in [7, 11) is 1.63. The predicted molar refractivity (Wildman–Crippen MR) is 80.4 cm³/mol. The molecule has 6 heteroatoms. The van der Waals surface area contributed by atoms with E-state index in [4.69, 9.17) is 9.47 Å². The van der Waals surface area contributed by atoms with Gasteiger partial charge in [-0.3, -0.25) is 0 Å². The smallest absolute Gasteiger partial charge is 0.218 e. The van der Waals surface area contributed by atoms with Crippen LogP contribution in [0.1, 0.15) is 17.6 Å². The lowest BCUT2D eigenvalue weighted by Gasteiger charge is -2.09. The van der Waals surface area contributed by atoms with Crippen molar-refractivity contribution < 1.29 is 9.47 Å². The molecule has 1 N–H and O–H groups in total. The van der Waals surface area contributed by atoms with Crippen molar-refractivity contribution in [3.63, 3.8) is 0 Å². The molecule has 108 valence electrons. The zero-order chi connectivity index (χ0) is 14.2. The molecule has 0 radical (unpaired) electrons. The Hall–Kier alpha value is -1.66. The molecule has 0 fully saturated rings. The van der Waals surface area contributed by atoms with Gasteiger partial charge in [-0.1, -0.05) is 6.07 Å². The third-order valence-electron chi connectivity index (χ3n) is 2.56. The Labute approximate surface area is 123 Å². The normalized spacial score (nSPS) is 10.5. The van der Waals surface area contributed by atoms with E-state index in [1.165, 1.54) is 4.88 Å². The van der Waals surface area contributed by atoms with Crippen LogP contribution in [0.5, 0.6) is 5.88 Å². The van der Waals surface area contributed by atoms with Gasteiger partial charge in [0.25, 0.3) is 0 Å². The molecule has 0 bridgehead atoms. The van der Waals surface area contributed by atoms with Crippen molar-refractivity contribution >= 4 is 17.2 Å². The Morgan fingerprint density at radius 3 is 2.95 bits per heavy atom. The quantitative estimate of drug-likeness (QED) is 0.811. The minimum absolute atomic E-state index is 0.376. The molecule has 0 amide bonds. The number of methoxy groups -OCH3 is 1. The molecule has 0 spiro atoms. The average Bonchev–Trinajstić information content (AvgIpc) is 2.92. The second kappa shape index (κ2) is 7.81. The molecule has 20 heavy (non-hydrogen) atoms. The number of aromatic nitrogens is 2. The first-order chi connectivity index (χ1) is 9.81. The van der Waals surface area contributed by atoms with Crippen molar-refractivity contribution in [1.82, 2.24) is 9.97 Å². The van der Waals surface area contributed by atoms with Crippen molar-refractivity contribution in [2.75, 3.05) is 25.6 Å². The van der Waals surface area contributed by atoms with Crippen molar-refractivity contribution in [3.05, 3.63) is 34.3 Å². The molecular formula is C14H19N3O2S. The van der Waals surface area contributed by atoms with Gasteiger partial charge in [-0.25, -0.2) is 4.98 Å². The van der Waals surface area contributed by atoms with E-state index in [9.17, 15) is 0 Å². The van der Waals surface area contributed by atoms with Gasteiger partial charge in [-0.05, 0) is 18.4 Å². The van der Waals surface area contributed by atoms with E-state index in [1.54, 1.807) is 18.4 Å². The molecular weight excluding hydrogens is 274 g/mol. The molecule has 0 aliphatic heterocycles. The number of nitrogens with zero attached hydrogens (tertiary/aromatic N) is 2. The number of nitrogens with one attached hydrogen (secondary N) is 1. The first kappa shape index (κ1) is 14.7. The number of rotatable bonds is 8. The fourth-order valence-electron chi connectivity index (χ4n) is 1.72. The minimum Gasteiger partial charge on any atom is -0.477 e. The molecule has 0 atom stereocenters. The summed E-state index contributed by atoms with van der Waals surface area (Å²) < 4.78 is 10.8. The highest BCUT2D eigenvalue weighted by molar-refractivity contribution is 7.09. The Morgan fingerprint density at radius 2 is 2.25 bits per heavy atom. The molecule has 2 aromatic heterocycles. The standard InChI is InChI=1S/C14H19N3O2S/c1-3-15-12-9-14(17-13(16-12)10-18-2)19-7-6-11-5-4-8-20-11/h4-5,8-9H,3,6-7,10H2,1-2H3,(H,15,16,17). The molecule has 2 aromatic rings. The molecule has 2 rings (SSSR count). The third-order valence-corrected chi connectivity index (χ3v) is 3.49. The SMILES string of the molecule is CCNc1cc(OCCc2cccs2)nc(COC)n1. The van der Waals surface area contributed by atoms with Gasteiger partial charge >= 0.3 is 0 Å². The van der Waals surface area contributed by atoms with Gasteiger partial charge in [0.2, 0.25) is 5.88 Å². The molecule has 0 aliphatic carbocycles. The molecule has 0 saturated carbocycles. The number of ether oxygens (including phenoxy) is 2. The predicted octanol–water partition coefficient (Wildman–Crippen LogP) is 2.74. The topological polar surface area (TPSA) is 56.3 Å². The van der Waals surface area contributed by atoms with Crippen LogP contribution in [0.2, 0.25) is 0 Å². The lowest BCUT2D eigenvalue weighted by atomic mass is 10.4. The monoisotopic (exact) mass is 293 g/mol. The summed E-state index contributed by atoms with van der Waals surface area (Å²) in [6, 6.07) is 5.97. The summed E-state index contributed by atoms with van der Waals surface area (Å²) in [6.07, 6.45) is 0.887. The maximum atomic E-state index is 5.71. The van der Waals surface area contributed by atoms with E-state index in [0.29, 0.717) is 24.9 Å². The van der Waals surface area contributed by atoms with Crippen LogP contribution in [-0.2, 0) is 17.8 Å². The van der Waals surface area contributed by atoms with Gasteiger partial charge in [0.15, 0.2) is 5.82 Å². The third kappa shape index (κ3) is 4.47. The van der Waals surface area contributed by atoms with Crippen LogP contribution >= 0.6 is 11.3 Å². The van der Waals surface area contributed by atoms with E-state index < -0.39 is 0 Å². The van der Waals surface area contributed by atoms with Crippen molar-refractivity contribution in [2.45, 2.75) is 20.0 Å².